The zero-order valence-electron chi connectivity index (χ0n) is 28.3. The Kier molecular flexibility index (Phi) is 5.51. The Labute approximate surface area is 312 Å². The SMILES string of the molecule is c1ccc2c(c1)B1c3ccc4sc5ccccc5c4c3N(c3cccc4sc5ccccc5c34)c3cc(-c4cccc5c4oc4ccccc45)cc-2c31. The van der Waals surface area contributed by atoms with Crippen LogP contribution in [0.4, 0.5) is 17.1 Å². The molecule has 0 spiro atoms. The van der Waals surface area contributed by atoms with E-state index >= 15 is 0 Å². The highest BCUT2D eigenvalue weighted by Gasteiger charge is 2.44. The van der Waals surface area contributed by atoms with Crippen LogP contribution in [0.5, 0.6) is 0 Å². The number of hydrogen-bond acceptors (Lipinski definition) is 4. The van der Waals surface area contributed by atoms with Crippen LogP contribution in [0.25, 0.3) is 84.5 Å². The molecule has 5 heterocycles. The van der Waals surface area contributed by atoms with Gasteiger partial charge in [-0.2, -0.15) is 0 Å². The molecule has 3 aromatic heterocycles. The molecule has 0 aliphatic carbocycles. The molecular weight excluding hydrogens is 681 g/mol. The van der Waals surface area contributed by atoms with Gasteiger partial charge < -0.3 is 9.32 Å². The molecule has 0 N–H and O–H groups in total. The van der Waals surface area contributed by atoms with E-state index in [0.717, 1.165) is 33.1 Å². The van der Waals surface area contributed by atoms with Gasteiger partial charge in [-0.1, -0.05) is 115 Å². The van der Waals surface area contributed by atoms with Gasteiger partial charge in [0.05, 0.1) is 11.4 Å². The molecule has 0 fully saturated rings. The summed E-state index contributed by atoms with van der Waals surface area (Å²) < 4.78 is 11.9. The second kappa shape index (κ2) is 10.3. The normalized spacial score (nSPS) is 13.2. The van der Waals surface area contributed by atoms with Gasteiger partial charge in [0, 0.05) is 62.4 Å². The first-order chi connectivity index (χ1) is 26.3. The van der Waals surface area contributed by atoms with E-state index in [2.05, 4.69) is 163 Å². The van der Waals surface area contributed by atoms with Crippen LogP contribution in [0, 0.1) is 0 Å². The fraction of sp³-hybridized carbons (Fsp3) is 0. The minimum Gasteiger partial charge on any atom is -0.455 e. The summed E-state index contributed by atoms with van der Waals surface area (Å²) in [5, 5.41) is 7.56. The van der Waals surface area contributed by atoms with Crippen molar-refractivity contribution < 1.29 is 4.42 Å². The summed E-state index contributed by atoms with van der Waals surface area (Å²) in [6.07, 6.45) is 0. The van der Waals surface area contributed by atoms with Gasteiger partial charge in [-0.15, -0.1) is 22.7 Å². The highest BCUT2D eigenvalue weighted by Crippen LogP contribution is 2.51. The number of anilines is 3. The fourth-order valence-corrected chi connectivity index (χ4v) is 11.8. The molecule has 0 unspecified atom stereocenters. The lowest BCUT2D eigenvalue weighted by molar-refractivity contribution is 0.670. The smallest absolute Gasteiger partial charge is 0.248 e. The van der Waals surface area contributed by atoms with Gasteiger partial charge in [-0.05, 0) is 76.1 Å². The van der Waals surface area contributed by atoms with Crippen molar-refractivity contribution in [2.75, 3.05) is 4.90 Å². The number of thiophene rings is 2. The summed E-state index contributed by atoms with van der Waals surface area (Å²) in [7, 11) is 0. The predicted molar refractivity (Wildman–Crippen MR) is 230 cm³/mol. The molecule has 0 saturated heterocycles. The molecule has 0 atom stereocenters. The van der Waals surface area contributed by atoms with E-state index in [-0.39, 0.29) is 6.71 Å². The minimum absolute atomic E-state index is 0.125. The number of rotatable bonds is 2. The molecule has 13 rings (SSSR count). The van der Waals surface area contributed by atoms with Crippen LogP contribution in [-0.4, -0.2) is 6.71 Å². The monoisotopic (exact) mass is 707 g/mol. The molecule has 11 aromatic rings. The summed E-state index contributed by atoms with van der Waals surface area (Å²) in [5.74, 6) is 0. The molecule has 0 bridgehead atoms. The number of benzene rings is 8. The predicted octanol–water partition coefficient (Wildman–Crippen LogP) is 12.3. The maximum absolute atomic E-state index is 6.68. The van der Waals surface area contributed by atoms with E-state index in [0.29, 0.717) is 0 Å². The Morgan fingerprint density at radius 2 is 1.11 bits per heavy atom. The standard InChI is InChI=1S/C48H26BNOS2/c1-5-17-35-29(11-1)34-25-27(28-15-9-16-31-30-12-2-6-19-39(30)51-48(28)31)26-38-46(34)49(35)36-23-24-43-45(33-14-4-8-21-41(33)53-43)47(36)50(38)37-18-10-22-42-44(37)32-13-3-7-20-40(32)52-42/h1-26H. The largest absolute Gasteiger partial charge is 0.455 e. The molecule has 8 aromatic carbocycles. The topological polar surface area (TPSA) is 16.4 Å². The first-order valence-corrected chi connectivity index (χ1v) is 19.8. The van der Waals surface area contributed by atoms with Gasteiger partial charge in [0.15, 0.2) is 0 Å². The number of fused-ring (bicyclic) bond motifs is 15. The Balaban J connectivity index is 1.22. The summed E-state index contributed by atoms with van der Waals surface area (Å²) in [5.41, 5.74) is 14.6. The van der Waals surface area contributed by atoms with Crippen molar-refractivity contribution in [2.24, 2.45) is 0 Å². The Bertz CT molecular complexity index is 3390. The zero-order valence-corrected chi connectivity index (χ0v) is 29.9. The van der Waals surface area contributed by atoms with Crippen LogP contribution in [0.15, 0.2) is 162 Å². The Hall–Kier alpha value is -6.14. The highest BCUT2D eigenvalue weighted by atomic mass is 32.1. The van der Waals surface area contributed by atoms with Crippen LogP contribution in [0.1, 0.15) is 0 Å². The molecule has 244 valence electrons. The Morgan fingerprint density at radius 1 is 0.453 bits per heavy atom. The second-order valence-electron chi connectivity index (χ2n) is 14.3. The van der Waals surface area contributed by atoms with Gasteiger partial charge in [-0.25, -0.2) is 0 Å². The number of hydrogen-bond donors (Lipinski definition) is 0. The van der Waals surface area contributed by atoms with Crippen molar-refractivity contribution in [3.8, 4) is 22.3 Å². The second-order valence-corrected chi connectivity index (χ2v) is 16.5. The van der Waals surface area contributed by atoms with Crippen molar-refractivity contribution in [1.29, 1.82) is 0 Å². The third kappa shape index (κ3) is 3.68. The van der Waals surface area contributed by atoms with Gasteiger partial charge in [0.25, 0.3) is 0 Å². The van der Waals surface area contributed by atoms with Crippen molar-refractivity contribution in [3.05, 3.63) is 158 Å². The first kappa shape index (κ1) is 28.5. The van der Waals surface area contributed by atoms with Gasteiger partial charge in [0.2, 0.25) is 6.71 Å². The van der Waals surface area contributed by atoms with Gasteiger partial charge >= 0.3 is 0 Å². The summed E-state index contributed by atoms with van der Waals surface area (Å²) in [6.45, 7) is 0.125. The quantitative estimate of drug-likeness (QED) is 0.166. The van der Waals surface area contributed by atoms with Gasteiger partial charge in [-0.3, -0.25) is 0 Å². The maximum Gasteiger partial charge on any atom is 0.248 e. The summed E-state index contributed by atoms with van der Waals surface area (Å²) in [6, 6.07) is 58.5. The van der Waals surface area contributed by atoms with E-state index in [1.54, 1.807) is 0 Å². The van der Waals surface area contributed by atoms with Gasteiger partial charge in [0.1, 0.15) is 11.2 Å². The molecule has 5 heteroatoms. The van der Waals surface area contributed by atoms with Crippen LogP contribution >= 0.6 is 22.7 Å². The molecule has 53 heavy (non-hydrogen) atoms. The number of nitrogens with zero attached hydrogens (tertiary/aromatic N) is 1. The van der Waals surface area contributed by atoms with Crippen LogP contribution in [-0.2, 0) is 0 Å². The molecule has 0 radical (unpaired) electrons. The van der Waals surface area contributed by atoms with Crippen molar-refractivity contribution in [1.82, 2.24) is 0 Å². The molecule has 0 amide bonds. The molecule has 2 aliphatic rings. The molecule has 2 aliphatic heterocycles. The number of para-hydroxylation sites is 2. The lowest BCUT2D eigenvalue weighted by Gasteiger charge is -2.37. The highest BCUT2D eigenvalue weighted by molar-refractivity contribution is 7.26. The van der Waals surface area contributed by atoms with Crippen LogP contribution < -0.4 is 21.3 Å². The summed E-state index contributed by atoms with van der Waals surface area (Å²) >= 11 is 3.78. The van der Waals surface area contributed by atoms with E-state index in [1.165, 1.54) is 84.9 Å². The summed E-state index contributed by atoms with van der Waals surface area (Å²) in [4.78, 5) is 2.64. The van der Waals surface area contributed by atoms with E-state index in [4.69, 9.17) is 4.42 Å². The van der Waals surface area contributed by atoms with Crippen molar-refractivity contribution in [2.45, 2.75) is 0 Å². The maximum atomic E-state index is 6.68. The number of furan rings is 1. The van der Waals surface area contributed by atoms with Crippen LogP contribution in [0.3, 0.4) is 0 Å². The minimum atomic E-state index is 0.125. The van der Waals surface area contributed by atoms with E-state index in [1.807, 2.05) is 22.7 Å². The lowest BCUT2D eigenvalue weighted by Crippen LogP contribution is -2.54. The molecule has 2 nitrogen and oxygen atoms in total. The average Bonchev–Trinajstić information content (AvgIpc) is 3.97. The zero-order chi connectivity index (χ0) is 34.4. The first-order valence-electron chi connectivity index (χ1n) is 18.1. The molecule has 0 saturated carbocycles. The lowest BCUT2D eigenvalue weighted by atomic mass is 9.37. The van der Waals surface area contributed by atoms with Crippen molar-refractivity contribution >= 4 is 125 Å². The third-order valence-electron chi connectivity index (χ3n) is 11.7. The fourth-order valence-electron chi connectivity index (χ4n) is 9.55. The Morgan fingerprint density at radius 3 is 1.98 bits per heavy atom. The average molecular weight is 708 g/mol. The third-order valence-corrected chi connectivity index (χ3v) is 13.9. The van der Waals surface area contributed by atoms with Crippen LogP contribution in [0.2, 0.25) is 0 Å². The van der Waals surface area contributed by atoms with E-state index in [9.17, 15) is 0 Å². The van der Waals surface area contributed by atoms with Crippen molar-refractivity contribution in [3.63, 3.8) is 0 Å². The van der Waals surface area contributed by atoms with E-state index < -0.39 is 0 Å². The molecular formula is C48H26BNOS2.